The highest BCUT2D eigenvalue weighted by Gasteiger charge is 2.25. The SMILES string of the molecule is CC(C)c1nc(C2CCCCC2)c(N)n1C(C)C. The summed E-state index contributed by atoms with van der Waals surface area (Å²) in [6.45, 7) is 8.78. The van der Waals surface area contributed by atoms with Gasteiger partial charge >= 0.3 is 0 Å². The van der Waals surface area contributed by atoms with Gasteiger partial charge < -0.3 is 10.3 Å². The van der Waals surface area contributed by atoms with Crippen molar-refractivity contribution in [1.82, 2.24) is 9.55 Å². The lowest BCUT2D eigenvalue weighted by atomic mass is 9.87. The van der Waals surface area contributed by atoms with Crippen molar-refractivity contribution in [2.75, 3.05) is 5.73 Å². The summed E-state index contributed by atoms with van der Waals surface area (Å²) in [5.74, 6) is 3.10. The van der Waals surface area contributed by atoms with E-state index in [0.717, 1.165) is 11.6 Å². The van der Waals surface area contributed by atoms with Gasteiger partial charge in [0.05, 0.1) is 5.69 Å². The van der Waals surface area contributed by atoms with Crippen LogP contribution in [-0.4, -0.2) is 9.55 Å². The molecule has 0 amide bonds. The van der Waals surface area contributed by atoms with Crippen LogP contribution in [0.1, 0.15) is 89.2 Å². The van der Waals surface area contributed by atoms with Crippen LogP contribution in [0.2, 0.25) is 0 Å². The van der Waals surface area contributed by atoms with Crippen LogP contribution in [0.5, 0.6) is 0 Å². The van der Waals surface area contributed by atoms with Gasteiger partial charge in [0.25, 0.3) is 0 Å². The molecule has 1 saturated carbocycles. The van der Waals surface area contributed by atoms with Crippen LogP contribution in [0.15, 0.2) is 0 Å². The maximum atomic E-state index is 6.37. The molecule has 0 bridgehead atoms. The lowest BCUT2D eigenvalue weighted by molar-refractivity contribution is 0.438. The van der Waals surface area contributed by atoms with Crippen LogP contribution in [0.4, 0.5) is 5.82 Å². The third-order valence-corrected chi connectivity index (χ3v) is 4.03. The largest absolute Gasteiger partial charge is 0.384 e. The average molecular weight is 249 g/mol. The molecular formula is C15H27N3. The van der Waals surface area contributed by atoms with Crippen molar-refractivity contribution in [2.24, 2.45) is 0 Å². The molecule has 1 heterocycles. The summed E-state index contributed by atoms with van der Waals surface area (Å²) < 4.78 is 2.23. The molecule has 1 aromatic heterocycles. The molecule has 3 heteroatoms. The molecule has 102 valence electrons. The standard InChI is InChI=1S/C15H27N3/c1-10(2)15-17-13(12-8-6-5-7-9-12)14(16)18(15)11(3)4/h10-12H,5-9,16H2,1-4H3. The minimum atomic E-state index is 0.396. The Kier molecular flexibility index (Phi) is 3.98. The molecule has 0 saturated heterocycles. The molecule has 2 N–H and O–H groups in total. The number of hydrogen-bond donors (Lipinski definition) is 1. The fraction of sp³-hybridized carbons (Fsp3) is 0.800. The van der Waals surface area contributed by atoms with E-state index in [4.69, 9.17) is 10.7 Å². The minimum Gasteiger partial charge on any atom is -0.384 e. The molecule has 0 unspecified atom stereocenters. The van der Waals surface area contributed by atoms with Gasteiger partial charge in [-0.15, -0.1) is 0 Å². The van der Waals surface area contributed by atoms with E-state index in [1.54, 1.807) is 0 Å². The van der Waals surface area contributed by atoms with E-state index < -0.39 is 0 Å². The first-order valence-corrected chi connectivity index (χ1v) is 7.39. The number of nitrogens with zero attached hydrogens (tertiary/aromatic N) is 2. The zero-order valence-corrected chi connectivity index (χ0v) is 12.2. The molecule has 3 nitrogen and oxygen atoms in total. The van der Waals surface area contributed by atoms with E-state index in [2.05, 4.69) is 32.3 Å². The lowest BCUT2D eigenvalue weighted by Crippen LogP contribution is -2.11. The van der Waals surface area contributed by atoms with Crippen LogP contribution in [0, 0.1) is 0 Å². The van der Waals surface area contributed by atoms with Gasteiger partial charge in [0, 0.05) is 17.9 Å². The molecule has 1 aromatic rings. The Hall–Kier alpha value is -0.990. The maximum Gasteiger partial charge on any atom is 0.127 e. The van der Waals surface area contributed by atoms with Gasteiger partial charge in [-0.1, -0.05) is 33.1 Å². The minimum absolute atomic E-state index is 0.396. The Morgan fingerprint density at radius 2 is 1.72 bits per heavy atom. The van der Waals surface area contributed by atoms with Gasteiger partial charge in [0.2, 0.25) is 0 Å². The summed E-state index contributed by atoms with van der Waals surface area (Å²) in [7, 11) is 0. The number of nitrogens with two attached hydrogens (primary N) is 1. The van der Waals surface area contributed by atoms with E-state index in [1.807, 2.05) is 0 Å². The molecule has 0 atom stereocenters. The molecule has 0 radical (unpaired) electrons. The highest BCUT2D eigenvalue weighted by Crippen LogP contribution is 2.37. The van der Waals surface area contributed by atoms with Crippen LogP contribution in [0.25, 0.3) is 0 Å². The first kappa shape index (κ1) is 13.4. The fourth-order valence-electron chi connectivity index (χ4n) is 3.11. The molecule has 2 rings (SSSR count). The normalized spacial score (nSPS) is 17.9. The summed E-state index contributed by atoms with van der Waals surface area (Å²) in [6, 6.07) is 0.396. The van der Waals surface area contributed by atoms with Crippen molar-refractivity contribution < 1.29 is 0 Å². The monoisotopic (exact) mass is 249 g/mol. The second kappa shape index (κ2) is 5.33. The number of aromatic nitrogens is 2. The zero-order valence-electron chi connectivity index (χ0n) is 12.2. The molecule has 18 heavy (non-hydrogen) atoms. The Labute approximate surface area is 111 Å². The summed E-state index contributed by atoms with van der Waals surface area (Å²) in [5.41, 5.74) is 7.55. The molecular weight excluding hydrogens is 222 g/mol. The van der Waals surface area contributed by atoms with Crippen LogP contribution < -0.4 is 5.73 Å². The van der Waals surface area contributed by atoms with Crippen molar-refractivity contribution in [3.63, 3.8) is 0 Å². The Bertz CT molecular complexity index is 398. The van der Waals surface area contributed by atoms with Crippen LogP contribution in [-0.2, 0) is 0 Å². The van der Waals surface area contributed by atoms with Crippen LogP contribution in [0.3, 0.4) is 0 Å². The van der Waals surface area contributed by atoms with Crippen LogP contribution >= 0.6 is 0 Å². The van der Waals surface area contributed by atoms with Gasteiger partial charge in [-0.3, -0.25) is 0 Å². The Morgan fingerprint density at radius 3 is 2.17 bits per heavy atom. The molecule has 1 aliphatic rings. The predicted octanol–water partition coefficient (Wildman–Crippen LogP) is 4.22. The van der Waals surface area contributed by atoms with E-state index in [9.17, 15) is 0 Å². The first-order valence-electron chi connectivity index (χ1n) is 7.39. The fourth-order valence-corrected chi connectivity index (χ4v) is 3.11. The topological polar surface area (TPSA) is 43.8 Å². The summed E-state index contributed by atoms with van der Waals surface area (Å²) in [5, 5.41) is 0. The molecule has 0 aromatic carbocycles. The van der Waals surface area contributed by atoms with Gasteiger partial charge in [-0.05, 0) is 26.7 Å². The Balaban J connectivity index is 2.39. The lowest BCUT2D eigenvalue weighted by Gasteiger charge is -2.20. The molecule has 1 aliphatic carbocycles. The number of anilines is 1. The van der Waals surface area contributed by atoms with E-state index in [1.165, 1.54) is 37.8 Å². The predicted molar refractivity (Wildman–Crippen MR) is 76.9 cm³/mol. The molecule has 0 spiro atoms. The number of nitrogen functional groups attached to an aromatic ring is 1. The van der Waals surface area contributed by atoms with Gasteiger partial charge in [0.15, 0.2) is 0 Å². The maximum absolute atomic E-state index is 6.37. The molecule has 0 aliphatic heterocycles. The number of rotatable bonds is 3. The third-order valence-electron chi connectivity index (χ3n) is 4.03. The third kappa shape index (κ3) is 2.40. The van der Waals surface area contributed by atoms with Crippen molar-refractivity contribution in [1.29, 1.82) is 0 Å². The number of hydrogen-bond acceptors (Lipinski definition) is 2. The van der Waals surface area contributed by atoms with Gasteiger partial charge in [0.1, 0.15) is 11.6 Å². The average Bonchev–Trinajstić information content (AvgIpc) is 2.68. The summed E-state index contributed by atoms with van der Waals surface area (Å²) in [6.07, 6.45) is 6.55. The Morgan fingerprint density at radius 1 is 1.11 bits per heavy atom. The zero-order chi connectivity index (χ0) is 13.3. The summed E-state index contributed by atoms with van der Waals surface area (Å²) >= 11 is 0. The quantitative estimate of drug-likeness (QED) is 0.871. The van der Waals surface area contributed by atoms with Crippen molar-refractivity contribution >= 4 is 5.82 Å². The van der Waals surface area contributed by atoms with E-state index >= 15 is 0 Å². The summed E-state index contributed by atoms with van der Waals surface area (Å²) in [4.78, 5) is 4.89. The van der Waals surface area contributed by atoms with Crippen molar-refractivity contribution in [2.45, 2.75) is 77.7 Å². The second-order valence-electron chi connectivity index (χ2n) is 6.19. The van der Waals surface area contributed by atoms with Crippen molar-refractivity contribution in [3.8, 4) is 0 Å². The van der Waals surface area contributed by atoms with E-state index in [-0.39, 0.29) is 0 Å². The van der Waals surface area contributed by atoms with E-state index in [0.29, 0.717) is 17.9 Å². The van der Waals surface area contributed by atoms with Gasteiger partial charge in [-0.2, -0.15) is 0 Å². The van der Waals surface area contributed by atoms with Crippen molar-refractivity contribution in [3.05, 3.63) is 11.5 Å². The highest BCUT2D eigenvalue weighted by molar-refractivity contribution is 5.42. The number of imidazole rings is 1. The smallest absolute Gasteiger partial charge is 0.127 e. The second-order valence-corrected chi connectivity index (χ2v) is 6.19. The van der Waals surface area contributed by atoms with Gasteiger partial charge in [-0.25, -0.2) is 4.98 Å². The molecule has 1 fully saturated rings. The highest BCUT2D eigenvalue weighted by atomic mass is 15.2. The first-order chi connectivity index (χ1) is 8.52.